The molecule has 26 heavy (non-hydrogen) atoms. The quantitative estimate of drug-likeness (QED) is 0.758. The topological polar surface area (TPSA) is 62.3 Å². The molecule has 0 aliphatic heterocycles. The summed E-state index contributed by atoms with van der Waals surface area (Å²) in [5.74, 6) is -0.540. The van der Waals surface area contributed by atoms with Gasteiger partial charge in [0.05, 0.1) is 0 Å². The second-order valence-electron chi connectivity index (χ2n) is 6.73. The lowest BCUT2D eigenvalue weighted by Gasteiger charge is -2.28. The van der Waals surface area contributed by atoms with E-state index in [4.69, 9.17) is 11.6 Å². The van der Waals surface area contributed by atoms with Crippen LogP contribution in [0.3, 0.4) is 0 Å². The molecule has 1 N–H and O–H groups in total. The predicted molar refractivity (Wildman–Crippen MR) is 103 cm³/mol. The van der Waals surface area contributed by atoms with Gasteiger partial charge in [-0.2, -0.15) is 0 Å². The van der Waals surface area contributed by atoms with Crippen molar-refractivity contribution in [2.75, 3.05) is 13.6 Å². The molecule has 5 nitrogen and oxygen atoms in total. The molecule has 2 rings (SSSR count). The van der Waals surface area contributed by atoms with Gasteiger partial charge in [-0.15, -0.1) is 0 Å². The van der Waals surface area contributed by atoms with Gasteiger partial charge >= 0.3 is 0 Å². The minimum absolute atomic E-state index is 0.219. The van der Waals surface area contributed by atoms with E-state index in [1.165, 1.54) is 0 Å². The maximum absolute atomic E-state index is 12.7. The molecule has 0 bridgehead atoms. The monoisotopic (exact) mass is 373 g/mol. The largest absolute Gasteiger partial charge is 0.351 e. The Labute approximate surface area is 159 Å². The van der Waals surface area contributed by atoms with Gasteiger partial charge in [-0.05, 0) is 49.6 Å². The fourth-order valence-electron chi connectivity index (χ4n) is 2.56. The van der Waals surface area contributed by atoms with E-state index in [9.17, 15) is 9.59 Å². The Balaban J connectivity index is 1.92. The van der Waals surface area contributed by atoms with Gasteiger partial charge in [0, 0.05) is 37.6 Å². The fraction of sp³-hybridized carbons (Fsp3) is 0.350. The molecule has 0 aliphatic carbocycles. The highest BCUT2D eigenvalue weighted by Crippen LogP contribution is 2.20. The zero-order valence-electron chi connectivity index (χ0n) is 15.3. The molecule has 0 aliphatic rings. The van der Waals surface area contributed by atoms with E-state index in [1.54, 1.807) is 44.3 Å². The van der Waals surface area contributed by atoms with E-state index in [0.29, 0.717) is 18.0 Å². The summed E-state index contributed by atoms with van der Waals surface area (Å²) in [5.41, 5.74) is 0.756. The van der Waals surface area contributed by atoms with Crippen LogP contribution in [-0.4, -0.2) is 35.3 Å². The molecule has 138 valence electrons. The molecule has 0 atom stereocenters. The highest BCUT2D eigenvalue weighted by atomic mass is 35.5. The Kier molecular flexibility index (Phi) is 6.75. The standard InChI is InChI=1S/C20H24ClN3O2/c1-20(2,18(25)23-14-16-6-4-5-7-17(16)21)19(26)24(3)13-10-15-8-11-22-12-9-15/h4-9,11-12H,10,13-14H2,1-3H3,(H,23,25). The third-order valence-electron chi connectivity index (χ3n) is 4.33. The van der Waals surface area contributed by atoms with Crippen molar-refractivity contribution in [3.05, 3.63) is 64.9 Å². The van der Waals surface area contributed by atoms with Crippen molar-refractivity contribution >= 4 is 23.4 Å². The van der Waals surface area contributed by atoms with Crippen molar-refractivity contribution < 1.29 is 9.59 Å². The van der Waals surface area contributed by atoms with Crippen LogP contribution in [-0.2, 0) is 22.6 Å². The van der Waals surface area contributed by atoms with E-state index in [2.05, 4.69) is 10.3 Å². The Morgan fingerprint density at radius 2 is 1.81 bits per heavy atom. The van der Waals surface area contributed by atoms with E-state index in [-0.39, 0.29) is 18.4 Å². The third-order valence-corrected chi connectivity index (χ3v) is 4.70. The van der Waals surface area contributed by atoms with Gasteiger partial charge in [-0.25, -0.2) is 0 Å². The summed E-state index contributed by atoms with van der Waals surface area (Å²) in [5, 5.41) is 3.40. The highest BCUT2D eigenvalue weighted by Gasteiger charge is 2.37. The van der Waals surface area contributed by atoms with Crippen LogP contribution in [0, 0.1) is 5.41 Å². The summed E-state index contributed by atoms with van der Waals surface area (Å²) >= 11 is 6.10. The van der Waals surface area contributed by atoms with Gasteiger partial charge in [-0.3, -0.25) is 14.6 Å². The Morgan fingerprint density at radius 3 is 2.46 bits per heavy atom. The van der Waals surface area contributed by atoms with Crippen LogP contribution >= 0.6 is 11.6 Å². The van der Waals surface area contributed by atoms with Crippen molar-refractivity contribution in [2.45, 2.75) is 26.8 Å². The number of halogens is 1. The van der Waals surface area contributed by atoms with Gasteiger partial charge in [0.15, 0.2) is 0 Å². The lowest BCUT2D eigenvalue weighted by atomic mass is 9.90. The number of carbonyl (C=O) groups excluding carboxylic acids is 2. The Hall–Kier alpha value is -2.40. The first-order valence-electron chi connectivity index (χ1n) is 8.48. The average Bonchev–Trinajstić information content (AvgIpc) is 2.65. The van der Waals surface area contributed by atoms with Gasteiger partial charge in [0.2, 0.25) is 11.8 Å². The normalized spacial score (nSPS) is 11.1. The Bertz CT molecular complexity index is 763. The van der Waals surface area contributed by atoms with Gasteiger partial charge in [0.25, 0.3) is 0 Å². The van der Waals surface area contributed by atoms with Crippen LogP contribution in [0.2, 0.25) is 5.02 Å². The molecule has 2 aromatic rings. The van der Waals surface area contributed by atoms with Gasteiger partial charge in [-0.1, -0.05) is 29.8 Å². The summed E-state index contributed by atoms with van der Waals surface area (Å²) in [6, 6.07) is 11.1. The van der Waals surface area contributed by atoms with E-state index >= 15 is 0 Å². The summed E-state index contributed by atoms with van der Waals surface area (Å²) < 4.78 is 0. The number of hydrogen-bond acceptors (Lipinski definition) is 3. The maximum Gasteiger partial charge on any atom is 0.237 e. The number of amides is 2. The molecular weight excluding hydrogens is 350 g/mol. The minimum Gasteiger partial charge on any atom is -0.351 e. The van der Waals surface area contributed by atoms with E-state index in [1.807, 2.05) is 30.3 Å². The molecule has 2 amide bonds. The van der Waals surface area contributed by atoms with Crippen molar-refractivity contribution in [1.29, 1.82) is 0 Å². The first kappa shape index (κ1) is 19.9. The number of aromatic nitrogens is 1. The molecule has 1 aromatic carbocycles. The van der Waals surface area contributed by atoms with Crippen LogP contribution in [0.4, 0.5) is 0 Å². The lowest BCUT2D eigenvalue weighted by Crippen LogP contribution is -2.48. The third kappa shape index (κ3) is 5.05. The van der Waals surface area contributed by atoms with Gasteiger partial charge < -0.3 is 10.2 Å². The summed E-state index contributed by atoms with van der Waals surface area (Å²) in [6.45, 7) is 4.10. The van der Waals surface area contributed by atoms with Crippen molar-refractivity contribution in [1.82, 2.24) is 15.2 Å². The molecule has 0 saturated carbocycles. The number of pyridine rings is 1. The number of nitrogens with one attached hydrogen (secondary N) is 1. The average molecular weight is 374 g/mol. The van der Waals surface area contributed by atoms with Gasteiger partial charge in [0.1, 0.15) is 5.41 Å². The number of nitrogens with zero attached hydrogens (tertiary/aromatic N) is 2. The molecule has 0 radical (unpaired) electrons. The van der Waals surface area contributed by atoms with Crippen LogP contribution in [0.5, 0.6) is 0 Å². The SMILES string of the molecule is CN(CCc1ccncc1)C(=O)C(C)(C)C(=O)NCc1ccccc1Cl. The molecule has 0 unspecified atom stereocenters. The number of benzene rings is 1. The summed E-state index contributed by atoms with van der Waals surface area (Å²) in [4.78, 5) is 30.9. The maximum atomic E-state index is 12.7. The molecule has 1 aromatic heterocycles. The second-order valence-corrected chi connectivity index (χ2v) is 7.14. The van der Waals surface area contributed by atoms with Crippen LogP contribution in [0.1, 0.15) is 25.0 Å². The Morgan fingerprint density at radius 1 is 1.15 bits per heavy atom. The second kappa shape index (κ2) is 8.81. The fourth-order valence-corrected chi connectivity index (χ4v) is 2.76. The lowest BCUT2D eigenvalue weighted by molar-refractivity contribution is -0.147. The first-order chi connectivity index (χ1) is 12.3. The number of likely N-dealkylation sites (N-methyl/N-ethyl adjacent to an activating group) is 1. The molecule has 0 saturated heterocycles. The highest BCUT2D eigenvalue weighted by molar-refractivity contribution is 6.31. The molecule has 1 heterocycles. The van der Waals surface area contributed by atoms with Crippen molar-refractivity contribution in [3.63, 3.8) is 0 Å². The van der Waals surface area contributed by atoms with Crippen LogP contribution in [0.25, 0.3) is 0 Å². The number of hydrogen-bond donors (Lipinski definition) is 1. The van der Waals surface area contributed by atoms with Crippen LogP contribution < -0.4 is 5.32 Å². The van der Waals surface area contributed by atoms with Crippen molar-refractivity contribution in [3.8, 4) is 0 Å². The number of rotatable bonds is 7. The van der Waals surface area contributed by atoms with E-state index in [0.717, 1.165) is 11.1 Å². The minimum atomic E-state index is -1.16. The zero-order valence-corrected chi connectivity index (χ0v) is 16.1. The smallest absolute Gasteiger partial charge is 0.237 e. The summed E-state index contributed by atoms with van der Waals surface area (Å²) in [7, 11) is 1.71. The molecule has 6 heteroatoms. The van der Waals surface area contributed by atoms with Crippen LogP contribution in [0.15, 0.2) is 48.8 Å². The number of carbonyl (C=O) groups is 2. The molecular formula is C20H24ClN3O2. The van der Waals surface area contributed by atoms with E-state index < -0.39 is 5.41 Å². The predicted octanol–water partition coefficient (Wildman–Crippen LogP) is 3.08. The molecule has 0 spiro atoms. The first-order valence-corrected chi connectivity index (χ1v) is 8.86. The summed E-state index contributed by atoms with van der Waals surface area (Å²) in [6.07, 6.45) is 4.16. The van der Waals surface area contributed by atoms with Crippen molar-refractivity contribution in [2.24, 2.45) is 5.41 Å². The molecule has 0 fully saturated rings. The zero-order chi connectivity index (χ0) is 19.2.